The zero-order valence-corrected chi connectivity index (χ0v) is 15.9. The molecule has 1 unspecified atom stereocenters. The molecule has 0 radical (unpaired) electrons. The predicted molar refractivity (Wildman–Crippen MR) is 99.6 cm³/mol. The molecule has 134 valence electrons. The van der Waals surface area contributed by atoms with Gasteiger partial charge in [0.15, 0.2) is 6.04 Å². The van der Waals surface area contributed by atoms with Crippen molar-refractivity contribution in [1.82, 2.24) is 0 Å². The summed E-state index contributed by atoms with van der Waals surface area (Å²) in [5.41, 5.74) is 3.04. The molecule has 0 aliphatic carbocycles. The highest BCUT2D eigenvalue weighted by Gasteiger charge is 2.40. The molecule has 0 spiro atoms. The lowest BCUT2D eigenvalue weighted by Crippen LogP contribution is -2.61. The van der Waals surface area contributed by atoms with E-state index in [9.17, 15) is 4.79 Å². The summed E-state index contributed by atoms with van der Waals surface area (Å²) in [5, 5.41) is 3.23. The van der Waals surface area contributed by atoms with Gasteiger partial charge < -0.3 is 14.5 Å². The third kappa shape index (κ3) is 3.75. The molecule has 0 saturated carbocycles. The van der Waals surface area contributed by atoms with Crippen LogP contribution in [0.5, 0.6) is 5.75 Å². The number of likely N-dealkylation sites (N-methyl/N-ethyl adjacent to an activating group) is 1. The van der Waals surface area contributed by atoms with E-state index in [1.807, 2.05) is 26.0 Å². The van der Waals surface area contributed by atoms with E-state index in [0.717, 1.165) is 53.1 Å². The van der Waals surface area contributed by atoms with E-state index in [1.165, 1.54) is 19.3 Å². The molecule has 0 aromatic heterocycles. The van der Waals surface area contributed by atoms with Crippen LogP contribution in [0.4, 0.5) is 5.69 Å². The third-order valence-corrected chi connectivity index (χ3v) is 5.68. The van der Waals surface area contributed by atoms with E-state index in [2.05, 4.69) is 19.2 Å². The second kappa shape index (κ2) is 8.02. The maximum atomic E-state index is 13.1. The first-order valence-corrected chi connectivity index (χ1v) is 9.29. The van der Waals surface area contributed by atoms with Crippen molar-refractivity contribution in [3.8, 4) is 5.75 Å². The summed E-state index contributed by atoms with van der Waals surface area (Å²) < 4.78 is 6.26. The Kier molecular flexibility index (Phi) is 6.27. The average Bonchev–Trinajstić information content (AvgIpc) is 2.59. The van der Waals surface area contributed by atoms with Crippen LogP contribution in [0.25, 0.3) is 0 Å². The van der Waals surface area contributed by atoms with Gasteiger partial charge in [0.25, 0.3) is 5.91 Å². The Hall–Kier alpha value is -1.55. The predicted octanol–water partition coefficient (Wildman–Crippen LogP) is 4.05. The lowest BCUT2D eigenvalue weighted by molar-refractivity contribution is -0.945. The number of hydrogen-bond acceptors (Lipinski definition) is 2. The molecule has 1 fully saturated rings. The van der Waals surface area contributed by atoms with Gasteiger partial charge in [0, 0.05) is 12.1 Å². The van der Waals surface area contributed by atoms with Gasteiger partial charge in [-0.3, -0.25) is 4.79 Å². The largest absolute Gasteiger partial charge is 0.497 e. The number of rotatable bonds is 6. The van der Waals surface area contributed by atoms with E-state index in [0.29, 0.717) is 0 Å². The molecular weight excluding hydrogens is 300 g/mol. The second-order valence-electron chi connectivity index (χ2n) is 7.09. The number of anilines is 1. The van der Waals surface area contributed by atoms with Crippen molar-refractivity contribution in [3.05, 3.63) is 23.3 Å². The number of nitrogens with zero attached hydrogens (tertiary/aromatic N) is 1. The maximum Gasteiger partial charge on any atom is 0.282 e. The fourth-order valence-electron chi connectivity index (χ4n) is 4.26. The van der Waals surface area contributed by atoms with Crippen molar-refractivity contribution < 1.29 is 14.0 Å². The molecule has 1 N–H and O–H groups in total. The number of amides is 1. The van der Waals surface area contributed by atoms with Crippen LogP contribution >= 0.6 is 0 Å². The fourth-order valence-corrected chi connectivity index (χ4v) is 4.26. The first-order chi connectivity index (χ1) is 11.5. The molecule has 1 atom stereocenters. The summed E-state index contributed by atoms with van der Waals surface area (Å²) in [6, 6.07) is 4.00. The van der Waals surface area contributed by atoms with E-state index < -0.39 is 0 Å². The summed E-state index contributed by atoms with van der Waals surface area (Å²) in [6.45, 7) is 11.7. The van der Waals surface area contributed by atoms with Crippen molar-refractivity contribution >= 4 is 11.6 Å². The van der Waals surface area contributed by atoms with E-state index in [-0.39, 0.29) is 11.9 Å². The Morgan fingerprint density at radius 2 is 1.75 bits per heavy atom. The lowest BCUT2D eigenvalue weighted by Gasteiger charge is -2.45. The van der Waals surface area contributed by atoms with Gasteiger partial charge in [0.1, 0.15) is 5.75 Å². The van der Waals surface area contributed by atoms with Gasteiger partial charge in [-0.25, -0.2) is 0 Å². The minimum absolute atomic E-state index is 0.0381. The number of methoxy groups -OCH3 is 1. The Labute approximate surface area is 146 Å². The highest BCUT2D eigenvalue weighted by molar-refractivity contribution is 5.95. The second-order valence-corrected chi connectivity index (χ2v) is 7.09. The average molecular weight is 333 g/mol. The third-order valence-electron chi connectivity index (χ3n) is 5.68. The summed E-state index contributed by atoms with van der Waals surface area (Å²) in [7, 11) is 1.67. The summed E-state index contributed by atoms with van der Waals surface area (Å²) in [5.74, 6) is 1.00. The molecule has 4 heteroatoms. The first kappa shape index (κ1) is 18.8. The number of likely N-dealkylation sites (tertiary alicyclic amines) is 1. The van der Waals surface area contributed by atoms with Crippen LogP contribution in [0.2, 0.25) is 0 Å². The number of ether oxygens (including phenoxy) is 1. The van der Waals surface area contributed by atoms with Gasteiger partial charge in [0.2, 0.25) is 0 Å². The quantitative estimate of drug-likeness (QED) is 0.798. The van der Waals surface area contributed by atoms with Gasteiger partial charge in [-0.2, -0.15) is 0 Å². The maximum absolute atomic E-state index is 13.1. The standard InChI is InChI=1S/C20H32N2O2/c1-6-18(22(7-2)11-9-8-10-12-22)20(23)21-19-15(3)13-17(24-5)14-16(19)4/h13-14,18H,6-12H2,1-5H3/p+1. The van der Waals surface area contributed by atoms with Crippen LogP contribution in [0.3, 0.4) is 0 Å². The number of piperidine rings is 1. The normalized spacial score (nSPS) is 18.0. The minimum atomic E-state index is 0.0381. The smallest absolute Gasteiger partial charge is 0.282 e. The van der Waals surface area contributed by atoms with E-state index in [4.69, 9.17) is 4.74 Å². The van der Waals surface area contributed by atoms with Crippen molar-refractivity contribution in [2.24, 2.45) is 0 Å². The van der Waals surface area contributed by atoms with Gasteiger partial charge in [-0.05, 0) is 63.3 Å². The fraction of sp³-hybridized carbons (Fsp3) is 0.650. The van der Waals surface area contributed by atoms with Gasteiger partial charge >= 0.3 is 0 Å². The molecule has 1 aliphatic heterocycles. The molecule has 0 bridgehead atoms. The molecule has 24 heavy (non-hydrogen) atoms. The molecule has 1 saturated heterocycles. The zero-order valence-electron chi connectivity index (χ0n) is 15.9. The Morgan fingerprint density at radius 1 is 1.17 bits per heavy atom. The van der Waals surface area contributed by atoms with Crippen LogP contribution in [0.1, 0.15) is 50.7 Å². The topological polar surface area (TPSA) is 38.3 Å². The van der Waals surface area contributed by atoms with Crippen LogP contribution in [0.15, 0.2) is 12.1 Å². The highest BCUT2D eigenvalue weighted by atomic mass is 16.5. The molecule has 1 aromatic carbocycles. The Bertz CT molecular complexity index is 554. The Morgan fingerprint density at radius 3 is 2.21 bits per heavy atom. The van der Waals surface area contributed by atoms with E-state index >= 15 is 0 Å². The SMILES string of the molecule is CCC(C(=O)Nc1c(C)cc(OC)cc1C)[N+]1(CC)CCCCC1. The molecule has 1 aliphatic rings. The summed E-state index contributed by atoms with van der Waals surface area (Å²) in [4.78, 5) is 13.1. The highest BCUT2D eigenvalue weighted by Crippen LogP contribution is 2.29. The van der Waals surface area contributed by atoms with Crippen LogP contribution < -0.4 is 10.1 Å². The van der Waals surface area contributed by atoms with E-state index in [1.54, 1.807) is 7.11 Å². The summed E-state index contributed by atoms with van der Waals surface area (Å²) in [6.07, 6.45) is 4.65. The Balaban J connectivity index is 2.24. The van der Waals surface area contributed by atoms with Crippen molar-refractivity contribution in [2.75, 3.05) is 32.1 Å². The van der Waals surface area contributed by atoms with Crippen LogP contribution in [-0.4, -0.2) is 43.2 Å². The number of carbonyl (C=O) groups is 1. The molecule has 1 heterocycles. The van der Waals surface area contributed by atoms with Crippen LogP contribution in [-0.2, 0) is 4.79 Å². The summed E-state index contributed by atoms with van der Waals surface area (Å²) >= 11 is 0. The number of carbonyl (C=O) groups excluding carboxylic acids is 1. The van der Waals surface area contributed by atoms with Gasteiger partial charge in [-0.15, -0.1) is 0 Å². The molecule has 2 rings (SSSR count). The number of nitrogens with one attached hydrogen (secondary N) is 1. The molecule has 4 nitrogen and oxygen atoms in total. The molecule has 1 aromatic rings. The molecular formula is C20H33N2O2+. The number of quaternary nitrogens is 1. The van der Waals surface area contributed by atoms with Crippen molar-refractivity contribution in [1.29, 1.82) is 0 Å². The minimum Gasteiger partial charge on any atom is -0.497 e. The zero-order chi connectivity index (χ0) is 17.7. The van der Waals surface area contributed by atoms with Crippen LogP contribution in [0, 0.1) is 13.8 Å². The first-order valence-electron chi connectivity index (χ1n) is 9.29. The van der Waals surface area contributed by atoms with Crippen molar-refractivity contribution in [3.63, 3.8) is 0 Å². The number of hydrogen-bond donors (Lipinski definition) is 1. The number of aryl methyl sites for hydroxylation is 2. The lowest BCUT2D eigenvalue weighted by atomic mass is 10.00. The van der Waals surface area contributed by atoms with Gasteiger partial charge in [0.05, 0.1) is 26.7 Å². The monoisotopic (exact) mass is 333 g/mol. The number of benzene rings is 1. The molecule has 1 amide bonds. The van der Waals surface area contributed by atoms with Crippen molar-refractivity contribution in [2.45, 2.75) is 59.4 Å². The van der Waals surface area contributed by atoms with Gasteiger partial charge in [-0.1, -0.05) is 6.92 Å².